The number of rotatable bonds is 61. The zero-order chi connectivity index (χ0) is 60.3. The van der Waals surface area contributed by atoms with Crippen molar-refractivity contribution in [3.63, 3.8) is 0 Å². The third-order valence-electron chi connectivity index (χ3n) is 16.7. The van der Waals surface area contributed by atoms with Crippen molar-refractivity contribution in [1.29, 1.82) is 0 Å². The molecule has 486 valence electrons. The van der Waals surface area contributed by atoms with Crippen molar-refractivity contribution >= 4 is 11.9 Å². The molecule has 0 saturated carbocycles. The largest absolute Gasteiger partial charge is 0.454 e. The molecule has 0 spiro atoms. The van der Waals surface area contributed by atoms with E-state index in [2.05, 4.69) is 62.5 Å². The third kappa shape index (κ3) is 47.4. The Morgan fingerprint density at radius 2 is 0.831 bits per heavy atom. The summed E-state index contributed by atoms with van der Waals surface area (Å²) in [7, 11) is 0. The van der Waals surface area contributed by atoms with Crippen LogP contribution >= 0.6 is 0 Å². The van der Waals surface area contributed by atoms with E-state index in [1.165, 1.54) is 225 Å². The first-order valence-corrected chi connectivity index (χ1v) is 35.4. The van der Waals surface area contributed by atoms with E-state index < -0.39 is 67.4 Å². The normalized spacial score (nSPS) is 18.8. The summed E-state index contributed by atoms with van der Waals surface area (Å²) in [6.45, 7) is 5.80. The lowest BCUT2D eigenvalue weighted by atomic mass is 9.99. The van der Waals surface area contributed by atoms with Crippen LogP contribution in [0.1, 0.15) is 335 Å². The van der Waals surface area contributed by atoms with Crippen molar-refractivity contribution in [2.24, 2.45) is 0 Å². The van der Waals surface area contributed by atoms with Crippen molar-refractivity contribution in [2.45, 2.75) is 384 Å². The first kappa shape index (κ1) is 78.6. The molecule has 0 radical (unpaired) electrons. The fourth-order valence-corrected chi connectivity index (χ4v) is 11.1. The lowest BCUT2D eigenvalue weighted by molar-refractivity contribution is -0.305. The maximum atomic E-state index is 13.5. The van der Waals surface area contributed by atoms with E-state index in [0.29, 0.717) is 19.3 Å². The zero-order valence-electron chi connectivity index (χ0n) is 54.1. The molecule has 1 aliphatic rings. The Labute approximate surface area is 510 Å². The molecule has 6 N–H and O–H groups in total. The molecule has 1 aliphatic heterocycles. The summed E-state index contributed by atoms with van der Waals surface area (Å²) < 4.78 is 17.7. The molecule has 0 aliphatic carbocycles. The summed E-state index contributed by atoms with van der Waals surface area (Å²) in [6.07, 6.45) is 64.4. The average molecular weight is 1170 g/mol. The molecule has 1 saturated heterocycles. The van der Waals surface area contributed by atoms with Gasteiger partial charge in [0.15, 0.2) is 12.4 Å². The topological polar surface area (TPSA) is 175 Å². The quantitative estimate of drug-likeness (QED) is 0.0195. The smallest absolute Gasteiger partial charge is 0.306 e. The van der Waals surface area contributed by atoms with Crippen LogP contribution in [0.15, 0.2) is 48.6 Å². The number of aliphatic hydroxyl groups excluding tert-OH is 5. The van der Waals surface area contributed by atoms with Gasteiger partial charge in [-0.3, -0.25) is 9.59 Å². The zero-order valence-corrected chi connectivity index (χ0v) is 54.1. The second-order valence-electron chi connectivity index (χ2n) is 24.6. The Kier molecular flexibility index (Phi) is 56.8. The summed E-state index contributed by atoms with van der Waals surface area (Å²) >= 11 is 0. The van der Waals surface area contributed by atoms with Crippen LogP contribution in [-0.2, 0) is 23.8 Å². The van der Waals surface area contributed by atoms with Gasteiger partial charge in [-0.15, -0.1) is 0 Å². The Morgan fingerprint density at radius 1 is 0.470 bits per heavy atom. The monoisotopic (exact) mass is 1170 g/mol. The molecule has 1 amide bonds. The number of unbranched alkanes of at least 4 members (excludes halogenated alkanes) is 41. The van der Waals surface area contributed by atoms with Gasteiger partial charge in [-0.2, -0.15) is 0 Å². The van der Waals surface area contributed by atoms with Crippen LogP contribution in [0.5, 0.6) is 0 Å². The average Bonchev–Trinajstić information content (AvgIpc) is 3.52. The lowest BCUT2D eigenvalue weighted by Gasteiger charge is -2.41. The summed E-state index contributed by atoms with van der Waals surface area (Å²) in [5.74, 6) is -1.18. The van der Waals surface area contributed by atoms with Crippen molar-refractivity contribution in [3.8, 4) is 0 Å². The maximum absolute atomic E-state index is 13.5. The minimum absolute atomic E-state index is 0.125. The van der Waals surface area contributed by atoms with Crippen molar-refractivity contribution < 1.29 is 49.3 Å². The summed E-state index contributed by atoms with van der Waals surface area (Å²) in [4.78, 5) is 26.7. The molecule has 1 rings (SSSR count). The first-order chi connectivity index (χ1) is 40.7. The minimum atomic E-state index is -1.61. The Balaban J connectivity index is 2.56. The van der Waals surface area contributed by atoms with Gasteiger partial charge in [-0.25, -0.2) is 0 Å². The standard InChI is InChI=1S/C72H133NO10/c1-4-7-10-13-16-19-22-24-26-28-30-32-34-35-37-39-41-44-47-50-53-56-59-65(76)71(80)73-63(64(75)58-55-52-49-46-43-21-18-15-12-9-6-3)62-81-72-70(69(79)68(78)66(61-74)82-72)83-67(77)60-57-54-51-48-45-42-40-38-36-33-31-29-27-25-23-20-17-14-11-8-5-2/h16,19,24-27,55,58,63-66,68-70,72,74-76,78-79H,4-15,17-18,20-23,28-54,56-57,59-62H2,1-3H3,(H,73,80)/b19-16-,26-24-,27-25+,58-55+. The van der Waals surface area contributed by atoms with Gasteiger partial charge in [0.2, 0.25) is 5.91 Å². The Morgan fingerprint density at radius 3 is 1.27 bits per heavy atom. The highest BCUT2D eigenvalue weighted by Crippen LogP contribution is 2.26. The molecule has 0 aromatic carbocycles. The third-order valence-corrected chi connectivity index (χ3v) is 16.7. The second kappa shape index (κ2) is 59.9. The molecule has 11 heteroatoms. The van der Waals surface area contributed by atoms with E-state index >= 15 is 0 Å². The second-order valence-corrected chi connectivity index (χ2v) is 24.6. The van der Waals surface area contributed by atoms with E-state index in [1.807, 2.05) is 6.08 Å². The summed E-state index contributed by atoms with van der Waals surface area (Å²) in [5.41, 5.74) is 0. The molecule has 8 unspecified atom stereocenters. The summed E-state index contributed by atoms with van der Waals surface area (Å²) in [5, 5.41) is 57.2. The van der Waals surface area contributed by atoms with Crippen LogP contribution in [0.3, 0.4) is 0 Å². The van der Waals surface area contributed by atoms with Crippen LogP contribution in [0.25, 0.3) is 0 Å². The van der Waals surface area contributed by atoms with Crippen LogP contribution in [0.2, 0.25) is 0 Å². The number of esters is 1. The SMILES string of the molecule is CCCCC/C=C\C/C=C\CCCCCCCCCCCCCCC(O)C(=O)NC(COC1OC(CO)C(O)C(O)C1OC(=O)CCCCCCCCCCCCC/C=C/CCCCCCCC)C(O)/C=C/CCCCCCCCCCC. The molecular weight excluding hydrogens is 1040 g/mol. The predicted molar refractivity (Wildman–Crippen MR) is 347 cm³/mol. The van der Waals surface area contributed by atoms with Gasteiger partial charge in [0.05, 0.1) is 25.4 Å². The van der Waals surface area contributed by atoms with E-state index in [4.69, 9.17) is 14.2 Å². The van der Waals surface area contributed by atoms with Gasteiger partial charge < -0.3 is 45.1 Å². The van der Waals surface area contributed by atoms with Crippen molar-refractivity contribution in [2.75, 3.05) is 13.2 Å². The fraction of sp³-hybridized carbons (Fsp3) is 0.861. The number of allylic oxidation sites excluding steroid dienone is 7. The predicted octanol–water partition coefficient (Wildman–Crippen LogP) is 18.0. The van der Waals surface area contributed by atoms with Crippen LogP contribution in [-0.4, -0.2) is 99.6 Å². The van der Waals surface area contributed by atoms with Gasteiger partial charge in [0, 0.05) is 6.42 Å². The van der Waals surface area contributed by atoms with Crippen LogP contribution in [0.4, 0.5) is 0 Å². The number of carbonyl (C=O) groups is 2. The number of hydrogen-bond acceptors (Lipinski definition) is 10. The highest BCUT2D eigenvalue weighted by atomic mass is 16.7. The first-order valence-electron chi connectivity index (χ1n) is 35.4. The van der Waals surface area contributed by atoms with Crippen molar-refractivity contribution in [1.82, 2.24) is 5.32 Å². The minimum Gasteiger partial charge on any atom is -0.454 e. The van der Waals surface area contributed by atoms with Gasteiger partial charge in [0.1, 0.15) is 24.4 Å². The molecule has 0 aromatic heterocycles. The molecule has 0 aromatic rings. The molecular formula is C72H133NO10. The van der Waals surface area contributed by atoms with Gasteiger partial charge >= 0.3 is 5.97 Å². The molecule has 0 bridgehead atoms. The number of nitrogens with one attached hydrogen (secondary N) is 1. The number of ether oxygens (including phenoxy) is 3. The molecule has 1 fully saturated rings. The lowest BCUT2D eigenvalue weighted by Crippen LogP contribution is -2.61. The Bertz CT molecular complexity index is 1540. The van der Waals surface area contributed by atoms with E-state index in [1.54, 1.807) is 6.08 Å². The number of carbonyl (C=O) groups excluding carboxylic acids is 2. The highest BCUT2D eigenvalue weighted by Gasteiger charge is 2.47. The molecule has 11 nitrogen and oxygen atoms in total. The fourth-order valence-electron chi connectivity index (χ4n) is 11.1. The molecule has 8 atom stereocenters. The summed E-state index contributed by atoms with van der Waals surface area (Å²) in [6, 6.07) is -1.02. The van der Waals surface area contributed by atoms with Gasteiger partial charge in [0.25, 0.3) is 0 Å². The van der Waals surface area contributed by atoms with Crippen LogP contribution in [0, 0.1) is 0 Å². The van der Waals surface area contributed by atoms with E-state index in [-0.39, 0.29) is 13.0 Å². The van der Waals surface area contributed by atoms with Gasteiger partial charge in [-0.1, -0.05) is 294 Å². The number of amides is 1. The van der Waals surface area contributed by atoms with Crippen molar-refractivity contribution in [3.05, 3.63) is 48.6 Å². The number of aliphatic hydroxyl groups is 5. The van der Waals surface area contributed by atoms with E-state index in [9.17, 15) is 35.1 Å². The van der Waals surface area contributed by atoms with Gasteiger partial charge in [-0.05, 0) is 83.5 Å². The van der Waals surface area contributed by atoms with E-state index in [0.717, 1.165) is 64.2 Å². The van der Waals surface area contributed by atoms with Crippen LogP contribution < -0.4 is 5.32 Å². The number of hydrogen-bond donors (Lipinski definition) is 6. The molecule has 1 heterocycles. The maximum Gasteiger partial charge on any atom is 0.306 e. The highest BCUT2D eigenvalue weighted by molar-refractivity contribution is 5.80. The Hall–Kier alpha value is -2.38. The molecule has 83 heavy (non-hydrogen) atoms.